The van der Waals surface area contributed by atoms with Gasteiger partial charge in [0.2, 0.25) is 11.8 Å². The van der Waals surface area contributed by atoms with Crippen molar-refractivity contribution in [2.45, 2.75) is 13.8 Å². The van der Waals surface area contributed by atoms with Crippen molar-refractivity contribution in [2.75, 3.05) is 51.0 Å². The molecule has 0 fully saturated rings. The largest absolute Gasteiger partial charge is 0.478 e. The van der Waals surface area contributed by atoms with Crippen LogP contribution >= 0.6 is 23.2 Å². The van der Waals surface area contributed by atoms with Crippen molar-refractivity contribution in [1.29, 1.82) is 0 Å². The van der Waals surface area contributed by atoms with Crippen molar-refractivity contribution >= 4 is 46.7 Å². The van der Waals surface area contributed by atoms with E-state index in [0.717, 1.165) is 0 Å². The number of carbonyl (C=O) groups is 2. The van der Waals surface area contributed by atoms with Crippen molar-refractivity contribution in [3.8, 4) is 45.4 Å². The van der Waals surface area contributed by atoms with Crippen molar-refractivity contribution in [2.24, 2.45) is 0 Å². The maximum Gasteiger partial charge on any atom is 0.257 e. The van der Waals surface area contributed by atoms with Crippen LogP contribution in [0.4, 0.5) is 11.6 Å². The number of halogens is 2. The first-order chi connectivity index (χ1) is 21.2. The molecule has 0 bridgehead atoms. The lowest BCUT2D eigenvalue weighted by atomic mass is 9.98. The first kappa shape index (κ1) is 32.2. The van der Waals surface area contributed by atoms with E-state index >= 15 is 0 Å². The molecule has 0 saturated heterocycles. The van der Waals surface area contributed by atoms with Crippen molar-refractivity contribution in [3.05, 3.63) is 58.8 Å². The van der Waals surface area contributed by atoms with Gasteiger partial charge in [-0.05, 0) is 0 Å². The second-order valence-electron chi connectivity index (χ2n) is 9.38. The molecule has 230 valence electrons. The van der Waals surface area contributed by atoms with Crippen LogP contribution in [0.2, 0.25) is 10.0 Å². The summed E-state index contributed by atoms with van der Waals surface area (Å²) in [4.78, 5) is 40.4. The maximum atomic E-state index is 11.1. The van der Waals surface area contributed by atoms with Crippen LogP contribution in [0.15, 0.2) is 48.8 Å². The van der Waals surface area contributed by atoms with Gasteiger partial charge < -0.3 is 30.7 Å². The zero-order chi connectivity index (χ0) is 31.6. The number of aromatic nitrogens is 4. The predicted molar refractivity (Wildman–Crippen MR) is 171 cm³/mol. The van der Waals surface area contributed by atoms with E-state index in [4.69, 9.17) is 32.7 Å². The normalized spacial score (nSPS) is 10.6. The smallest absolute Gasteiger partial charge is 0.257 e. The highest BCUT2D eigenvalue weighted by Gasteiger charge is 2.19. The Kier molecular flexibility index (Phi) is 11.1. The summed E-state index contributed by atoms with van der Waals surface area (Å²) in [6.45, 7) is 4.66. The van der Waals surface area contributed by atoms with Gasteiger partial charge in [-0.2, -0.15) is 0 Å². The SMILES string of the molecule is COc1nc(-c2cccc(-c3cccc(-c4cnc(NCCNC(C)=O)c(OC)n4)c3Cl)c2Cl)cnc1NCCNC(C)=O. The van der Waals surface area contributed by atoms with Gasteiger partial charge in [0, 0.05) is 62.3 Å². The van der Waals surface area contributed by atoms with Gasteiger partial charge in [-0.25, -0.2) is 19.9 Å². The molecule has 4 N–H and O–H groups in total. The van der Waals surface area contributed by atoms with E-state index in [1.165, 1.54) is 28.1 Å². The Morgan fingerprint density at radius 1 is 0.659 bits per heavy atom. The number of rotatable bonds is 13. The van der Waals surface area contributed by atoms with E-state index < -0.39 is 0 Å². The van der Waals surface area contributed by atoms with Gasteiger partial charge in [-0.1, -0.05) is 59.6 Å². The number of carbonyl (C=O) groups excluding carboxylic acids is 2. The van der Waals surface area contributed by atoms with Gasteiger partial charge in [0.15, 0.2) is 11.6 Å². The Morgan fingerprint density at radius 3 is 1.41 bits per heavy atom. The highest BCUT2D eigenvalue weighted by Crippen LogP contribution is 2.42. The Labute approximate surface area is 264 Å². The molecule has 0 unspecified atom stereocenters. The van der Waals surface area contributed by atoms with Gasteiger partial charge in [0.25, 0.3) is 11.8 Å². The third-order valence-corrected chi connectivity index (χ3v) is 7.10. The average molecular weight is 640 g/mol. The van der Waals surface area contributed by atoms with Crippen molar-refractivity contribution < 1.29 is 19.1 Å². The lowest BCUT2D eigenvalue weighted by Crippen LogP contribution is -2.26. The van der Waals surface area contributed by atoms with Crippen molar-refractivity contribution in [1.82, 2.24) is 30.6 Å². The Balaban J connectivity index is 1.62. The van der Waals surface area contributed by atoms with Crippen LogP contribution in [-0.4, -0.2) is 72.1 Å². The zero-order valence-corrected chi connectivity index (χ0v) is 26.1. The fraction of sp³-hybridized carbons (Fsp3) is 0.267. The predicted octanol–water partition coefficient (Wildman–Crippen LogP) is 4.69. The summed E-state index contributed by atoms with van der Waals surface area (Å²) < 4.78 is 10.9. The number of hydrogen-bond donors (Lipinski definition) is 4. The molecule has 4 rings (SSSR count). The molecule has 14 heteroatoms. The van der Waals surface area contributed by atoms with E-state index in [0.29, 0.717) is 81.5 Å². The summed E-state index contributed by atoms with van der Waals surface area (Å²) in [5, 5.41) is 12.5. The second-order valence-corrected chi connectivity index (χ2v) is 10.1. The van der Waals surface area contributed by atoms with Gasteiger partial charge in [-0.15, -0.1) is 0 Å². The van der Waals surface area contributed by atoms with E-state index in [-0.39, 0.29) is 23.6 Å². The minimum Gasteiger partial charge on any atom is -0.478 e. The van der Waals surface area contributed by atoms with Crippen LogP contribution in [0.25, 0.3) is 33.6 Å². The highest BCUT2D eigenvalue weighted by atomic mass is 35.5. The Bertz CT molecular complexity index is 1530. The summed E-state index contributed by atoms with van der Waals surface area (Å²) in [6, 6.07) is 11.1. The van der Waals surface area contributed by atoms with Crippen LogP contribution in [0.5, 0.6) is 11.8 Å². The molecule has 0 aliphatic rings. The molecule has 0 aliphatic heterocycles. The third kappa shape index (κ3) is 7.82. The van der Waals surface area contributed by atoms with Crippen LogP contribution in [-0.2, 0) is 9.59 Å². The number of nitrogens with one attached hydrogen (secondary N) is 4. The third-order valence-electron chi connectivity index (χ3n) is 6.29. The van der Waals surface area contributed by atoms with Crippen LogP contribution in [0.1, 0.15) is 13.8 Å². The minimum atomic E-state index is -0.116. The molecule has 0 radical (unpaired) electrons. The molecule has 2 aromatic heterocycles. The standard InChI is InChI=1S/C30H32Cl2N8O4/c1-17(41)33-11-13-35-27-29(43-3)39-23(15-37-27)21-9-5-7-19(25(21)31)20-8-6-10-22(26(20)32)24-16-38-28(30(40-24)44-4)36-14-12-34-18(2)42/h5-10,15-16H,11-14H2,1-4H3,(H,33,41)(H,34,42)(H,35,37)(H,36,38). The van der Waals surface area contributed by atoms with E-state index in [9.17, 15) is 9.59 Å². The number of ether oxygens (including phenoxy) is 2. The first-order valence-electron chi connectivity index (χ1n) is 13.6. The number of benzene rings is 2. The minimum absolute atomic E-state index is 0.116. The van der Waals surface area contributed by atoms with Gasteiger partial charge in [0.05, 0.1) is 48.0 Å². The second kappa shape index (κ2) is 15.2. The Morgan fingerprint density at radius 2 is 1.05 bits per heavy atom. The van der Waals surface area contributed by atoms with E-state index in [1.54, 1.807) is 12.4 Å². The number of nitrogens with zero attached hydrogens (tertiary/aromatic N) is 4. The quantitative estimate of drug-likeness (QED) is 0.152. The summed E-state index contributed by atoms with van der Waals surface area (Å²) in [5.41, 5.74) is 3.65. The molecular formula is C30H32Cl2N8O4. The first-order valence-corrected chi connectivity index (χ1v) is 14.4. The molecule has 2 heterocycles. The van der Waals surface area contributed by atoms with Gasteiger partial charge >= 0.3 is 0 Å². The number of methoxy groups -OCH3 is 2. The van der Waals surface area contributed by atoms with Crippen molar-refractivity contribution in [3.63, 3.8) is 0 Å². The lowest BCUT2D eigenvalue weighted by Gasteiger charge is -2.15. The number of amides is 2. The summed E-state index contributed by atoms with van der Waals surface area (Å²) >= 11 is 13.9. The van der Waals surface area contributed by atoms with E-state index in [2.05, 4.69) is 41.2 Å². The molecule has 0 saturated carbocycles. The molecule has 4 aromatic rings. The molecule has 2 amide bonds. The fourth-order valence-corrected chi connectivity index (χ4v) is 4.89. The molecule has 0 atom stereocenters. The Hall–Kier alpha value is -4.68. The monoisotopic (exact) mass is 638 g/mol. The topological polar surface area (TPSA) is 152 Å². The number of hydrogen-bond acceptors (Lipinski definition) is 10. The number of anilines is 2. The molecule has 12 nitrogen and oxygen atoms in total. The van der Waals surface area contributed by atoms with Crippen LogP contribution in [0, 0.1) is 0 Å². The molecule has 0 spiro atoms. The molecule has 0 aliphatic carbocycles. The molecule has 2 aromatic carbocycles. The maximum absolute atomic E-state index is 11.1. The highest BCUT2D eigenvalue weighted by molar-refractivity contribution is 6.39. The summed E-state index contributed by atoms with van der Waals surface area (Å²) in [6.07, 6.45) is 3.19. The van der Waals surface area contributed by atoms with Gasteiger partial charge in [0.1, 0.15) is 0 Å². The lowest BCUT2D eigenvalue weighted by molar-refractivity contribution is -0.119. The fourth-order valence-electron chi connectivity index (χ4n) is 4.25. The average Bonchev–Trinajstić information content (AvgIpc) is 3.01. The summed E-state index contributed by atoms with van der Waals surface area (Å²) in [5.74, 6) is 1.22. The molecular weight excluding hydrogens is 607 g/mol. The summed E-state index contributed by atoms with van der Waals surface area (Å²) in [7, 11) is 3.00. The van der Waals surface area contributed by atoms with Gasteiger partial charge in [-0.3, -0.25) is 9.59 Å². The van der Waals surface area contributed by atoms with Crippen LogP contribution in [0.3, 0.4) is 0 Å². The van der Waals surface area contributed by atoms with Crippen LogP contribution < -0.4 is 30.7 Å². The zero-order valence-electron chi connectivity index (χ0n) is 24.6. The molecule has 44 heavy (non-hydrogen) atoms. The van der Waals surface area contributed by atoms with E-state index in [1.807, 2.05) is 36.4 Å².